The molecule has 3 unspecified atom stereocenters. The van der Waals surface area contributed by atoms with E-state index in [0.29, 0.717) is 38.0 Å². The molecule has 2 fully saturated rings. The summed E-state index contributed by atoms with van der Waals surface area (Å²) in [6.45, 7) is 1.37. The van der Waals surface area contributed by atoms with Crippen molar-refractivity contribution < 1.29 is 28.9 Å². The molecular weight excluding hydrogens is 469 g/mol. The van der Waals surface area contributed by atoms with E-state index in [9.17, 15) is 14.7 Å². The van der Waals surface area contributed by atoms with Gasteiger partial charge in [0.2, 0.25) is 3.79 Å². The molecule has 1 N–H and O–H groups in total. The number of hydrogen-bond acceptors (Lipinski definition) is 6. The summed E-state index contributed by atoms with van der Waals surface area (Å²) in [5.74, 6) is 0.303. The van der Waals surface area contributed by atoms with Crippen LogP contribution in [-0.2, 0) is 19.7 Å². The maximum atomic E-state index is 12.5. The lowest BCUT2D eigenvalue weighted by atomic mass is 9.55. The second-order valence-electron chi connectivity index (χ2n) is 8.16. The summed E-state index contributed by atoms with van der Waals surface area (Å²) >= 11 is 17.0. The number of β-amino-alcohol motifs (C(OH)–C–C–N with tert-alkyl or cyclic N) is 1. The molecule has 1 saturated carbocycles. The molecule has 0 aromatic heterocycles. The number of benzene rings is 1. The molecule has 31 heavy (non-hydrogen) atoms. The third-order valence-electron chi connectivity index (χ3n) is 6.18. The molecule has 1 saturated heterocycles. The second kappa shape index (κ2) is 9.22. The third-order valence-corrected chi connectivity index (χ3v) is 6.51. The van der Waals surface area contributed by atoms with Crippen molar-refractivity contribution in [3.05, 3.63) is 29.8 Å². The molecule has 1 aliphatic heterocycles. The van der Waals surface area contributed by atoms with Crippen LogP contribution in [0.4, 0.5) is 4.79 Å². The lowest BCUT2D eigenvalue weighted by Crippen LogP contribution is -2.66. The number of halogens is 3. The van der Waals surface area contributed by atoms with Gasteiger partial charge in [-0.2, -0.15) is 0 Å². The number of fused-ring (bicyclic) bond motifs is 1. The smallest absolute Gasteiger partial charge is 0.410 e. The number of nitrogens with zero attached hydrogens (tertiary/aromatic N) is 1. The molecule has 0 bridgehead atoms. The van der Waals surface area contributed by atoms with Gasteiger partial charge in [0.05, 0.1) is 19.3 Å². The highest BCUT2D eigenvalue weighted by molar-refractivity contribution is 6.67. The predicted octanol–water partition coefficient (Wildman–Crippen LogP) is 3.99. The molecule has 172 valence electrons. The number of piperidine rings is 1. The van der Waals surface area contributed by atoms with E-state index in [1.807, 2.05) is 24.3 Å². The van der Waals surface area contributed by atoms with Crippen molar-refractivity contribution in [1.82, 2.24) is 4.90 Å². The van der Waals surface area contributed by atoms with Crippen molar-refractivity contribution in [1.29, 1.82) is 0 Å². The first-order chi connectivity index (χ1) is 14.5. The number of likely N-dealkylation sites (tertiary alicyclic amines) is 1. The Labute approximate surface area is 196 Å². The Kier molecular flexibility index (Phi) is 7.21. The zero-order valence-corrected chi connectivity index (χ0v) is 19.7. The number of aliphatic hydroxyl groups is 1. The van der Waals surface area contributed by atoms with Gasteiger partial charge >= 0.3 is 12.1 Å². The zero-order chi connectivity index (χ0) is 22.9. The average molecular weight is 495 g/mol. The van der Waals surface area contributed by atoms with Gasteiger partial charge in [0.15, 0.2) is 0 Å². The van der Waals surface area contributed by atoms with Crippen LogP contribution in [0.5, 0.6) is 5.75 Å². The summed E-state index contributed by atoms with van der Waals surface area (Å²) in [5, 5.41) is 11.8. The number of alkyl halides is 3. The fourth-order valence-corrected chi connectivity index (χ4v) is 4.95. The van der Waals surface area contributed by atoms with E-state index in [4.69, 9.17) is 49.0 Å². The number of methoxy groups -OCH3 is 1. The topological polar surface area (TPSA) is 85.3 Å². The molecule has 10 heteroatoms. The van der Waals surface area contributed by atoms with Crippen LogP contribution in [0, 0.1) is 0 Å². The highest BCUT2D eigenvalue weighted by Gasteiger charge is 2.59. The van der Waals surface area contributed by atoms with Crippen molar-refractivity contribution in [2.24, 2.45) is 0 Å². The van der Waals surface area contributed by atoms with Gasteiger partial charge < -0.3 is 24.2 Å². The zero-order valence-electron chi connectivity index (χ0n) is 17.4. The first-order valence-electron chi connectivity index (χ1n) is 10.0. The van der Waals surface area contributed by atoms with Gasteiger partial charge in [-0.25, -0.2) is 4.79 Å². The molecule has 0 radical (unpaired) electrons. The van der Waals surface area contributed by atoms with E-state index in [-0.39, 0.29) is 25.2 Å². The van der Waals surface area contributed by atoms with Crippen LogP contribution in [-0.4, -0.2) is 64.4 Å². The lowest BCUT2D eigenvalue weighted by Gasteiger charge is -2.57. The predicted molar refractivity (Wildman–Crippen MR) is 117 cm³/mol. The largest absolute Gasteiger partial charge is 0.497 e. The number of carbonyl (C=O) groups excluding carboxylic acids is 2. The molecule has 2 aliphatic rings. The van der Waals surface area contributed by atoms with E-state index >= 15 is 0 Å². The molecule has 1 heterocycles. The lowest BCUT2D eigenvalue weighted by molar-refractivity contribution is -0.166. The highest BCUT2D eigenvalue weighted by atomic mass is 35.6. The molecule has 0 spiro atoms. The van der Waals surface area contributed by atoms with Crippen LogP contribution >= 0.6 is 34.8 Å². The van der Waals surface area contributed by atoms with Crippen molar-refractivity contribution >= 4 is 46.9 Å². The average Bonchev–Trinajstić information content (AvgIpc) is 2.71. The maximum absolute atomic E-state index is 12.5. The van der Waals surface area contributed by atoms with Crippen LogP contribution in [0.25, 0.3) is 0 Å². The maximum Gasteiger partial charge on any atom is 0.410 e. The summed E-state index contributed by atoms with van der Waals surface area (Å²) < 4.78 is 14.3. The van der Waals surface area contributed by atoms with Crippen LogP contribution in [0.1, 0.15) is 38.2 Å². The monoisotopic (exact) mass is 493 g/mol. The van der Waals surface area contributed by atoms with Gasteiger partial charge in [-0.05, 0) is 43.4 Å². The molecule has 7 nitrogen and oxygen atoms in total. The first-order valence-corrected chi connectivity index (χ1v) is 11.1. The van der Waals surface area contributed by atoms with Gasteiger partial charge in [-0.3, -0.25) is 4.79 Å². The van der Waals surface area contributed by atoms with Crippen molar-refractivity contribution in [2.45, 2.75) is 53.5 Å². The summed E-state index contributed by atoms with van der Waals surface area (Å²) in [5.41, 5.74) is -1.11. The molecule has 1 aromatic carbocycles. The molecule has 3 rings (SSSR count). The first kappa shape index (κ1) is 24.2. The van der Waals surface area contributed by atoms with Crippen LogP contribution in [0.2, 0.25) is 0 Å². The van der Waals surface area contributed by atoms with Crippen LogP contribution in [0.15, 0.2) is 24.3 Å². The quantitative estimate of drug-likeness (QED) is 0.503. The Balaban J connectivity index is 1.90. The summed E-state index contributed by atoms with van der Waals surface area (Å²) in [7, 11) is 1.58. The summed E-state index contributed by atoms with van der Waals surface area (Å²) in [6, 6.07) is 7.51. The number of esters is 1. The van der Waals surface area contributed by atoms with Crippen molar-refractivity contribution in [3.63, 3.8) is 0 Å². The Morgan fingerprint density at radius 3 is 2.68 bits per heavy atom. The minimum Gasteiger partial charge on any atom is -0.497 e. The molecular formula is C21H26Cl3NO6. The SMILES string of the molecule is COc1cccc(C23CCN(C(=O)OCC(Cl)(Cl)Cl)CC2(O)CCC(OC(C)=O)C3)c1. The van der Waals surface area contributed by atoms with E-state index in [1.165, 1.54) is 11.8 Å². The summed E-state index contributed by atoms with van der Waals surface area (Å²) in [6.07, 6.45) is 0.729. The Morgan fingerprint density at radius 1 is 1.29 bits per heavy atom. The Morgan fingerprint density at radius 2 is 2.03 bits per heavy atom. The molecule has 1 aliphatic carbocycles. The number of amides is 1. The number of hydrogen-bond donors (Lipinski definition) is 1. The number of rotatable bonds is 4. The fraction of sp³-hybridized carbons (Fsp3) is 0.619. The Hall–Kier alpha value is -1.41. The van der Waals surface area contributed by atoms with E-state index in [2.05, 4.69) is 0 Å². The van der Waals surface area contributed by atoms with Crippen molar-refractivity contribution in [3.8, 4) is 5.75 Å². The number of ether oxygens (including phenoxy) is 3. The standard InChI is InChI=1S/C21H26Cl3NO6/c1-14(26)31-17-6-7-20(28)12-25(18(27)30-13-21(22,23)24)9-8-19(20,11-17)15-4-3-5-16(10-15)29-2/h3-5,10,17,28H,6-9,11-13H2,1-2H3. The van der Waals surface area contributed by atoms with Gasteiger partial charge in [-0.15, -0.1) is 0 Å². The minimum atomic E-state index is -1.71. The van der Waals surface area contributed by atoms with Gasteiger partial charge in [0, 0.05) is 18.9 Å². The molecule has 3 atom stereocenters. The fourth-order valence-electron chi connectivity index (χ4n) is 4.78. The second-order valence-corrected chi connectivity index (χ2v) is 10.7. The van der Waals surface area contributed by atoms with Gasteiger partial charge in [0.25, 0.3) is 0 Å². The van der Waals surface area contributed by atoms with E-state index in [0.717, 1.165) is 5.56 Å². The minimum absolute atomic E-state index is 0.0513. The van der Waals surface area contributed by atoms with E-state index in [1.54, 1.807) is 7.11 Å². The van der Waals surface area contributed by atoms with E-state index < -0.39 is 20.9 Å². The highest BCUT2D eigenvalue weighted by Crippen LogP contribution is 2.52. The number of carbonyl (C=O) groups is 2. The van der Waals surface area contributed by atoms with Gasteiger partial charge in [-0.1, -0.05) is 46.9 Å². The van der Waals surface area contributed by atoms with Gasteiger partial charge in [0.1, 0.15) is 18.5 Å². The molecule has 1 amide bonds. The Bertz CT molecular complexity index is 832. The van der Waals surface area contributed by atoms with Crippen LogP contribution < -0.4 is 4.74 Å². The molecule has 1 aromatic rings. The third kappa shape index (κ3) is 5.33. The van der Waals surface area contributed by atoms with Crippen molar-refractivity contribution in [2.75, 3.05) is 26.8 Å². The summed E-state index contributed by atoms with van der Waals surface area (Å²) in [4.78, 5) is 25.6. The van der Waals surface area contributed by atoms with Crippen LogP contribution in [0.3, 0.4) is 0 Å². The normalized spacial score (nSPS) is 28.5.